The molecule has 0 amide bonds. The van der Waals surface area contributed by atoms with Crippen LogP contribution >= 0.6 is 0 Å². The summed E-state index contributed by atoms with van der Waals surface area (Å²) in [5.74, 6) is 0. The Labute approximate surface area is 120 Å². The van der Waals surface area contributed by atoms with Crippen LogP contribution in [0.5, 0.6) is 0 Å². The van der Waals surface area contributed by atoms with Crippen molar-refractivity contribution in [1.29, 1.82) is 0 Å². The van der Waals surface area contributed by atoms with Gasteiger partial charge in [-0.15, -0.1) is 0 Å². The lowest BCUT2D eigenvalue weighted by Crippen LogP contribution is -2.22. The van der Waals surface area contributed by atoms with Gasteiger partial charge in [0, 0.05) is 13.1 Å². The Morgan fingerprint density at radius 1 is 1.20 bits per heavy atom. The molecule has 5 heteroatoms. The molecule has 0 heterocycles. The third kappa shape index (κ3) is 4.40. The third-order valence-electron chi connectivity index (χ3n) is 3.50. The number of hydrogen-bond acceptors (Lipinski definition) is 4. The van der Waals surface area contributed by atoms with Crippen LogP contribution in [-0.2, 0) is 0 Å². The lowest BCUT2D eigenvalue weighted by Gasteiger charge is -2.23. The number of anilines is 2. The van der Waals surface area contributed by atoms with Crippen LogP contribution in [0.3, 0.4) is 0 Å². The van der Waals surface area contributed by atoms with Crippen molar-refractivity contribution in [2.45, 2.75) is 40.5 Å². The maximum absolute atomic E-state index is 11.3. The van der Waals surface area contributed by atoms with Crippen LogP contribution in [0.2, 0.25) is 0 Å². The summed E-state index contributed by atoms with van der Waals surface area (Å²) in [5.41, 5.74) is 1.41. The molecule has 1 rings (SSSR count). The van der Waals surface area contributed by atoms with E-state index in [1.807, 2.05) is 13.0 Å². The van der Waals surface area contributed by atoms with Gasteiger partial charge in [-0.05, 0) is 30.4 Å². The molecule has 0 aliphatic rings. The molecular weight excluding hydrogens is 254 g/mol. The summed E-state index contributed by atoms with van der Waals surface area (Å²) in [6.07, 6.45) is 1.94. The molecule has 0 aliphatic heterocycles. The number of benzene rings is 1. The SMILES string of the molecule is CCCNc1cccc(NCC(C)(C)CC)c1[N+](=O)[O-]. The highest BCUT2D eigenvalue weighted by molar-refractivity contribution is 5.76. The average Bonchev–Trinajstić information content (AvgIpc) is 2.42. The van der Waals surface area contributed by atoms with Crippen LogP contribution in [-0.4, -0.2) is 18.0 Å². The highest BCUT2D eigenvalue weighted by Crippen LogP contribution is 2.33. The summed E-state index contributed by atoms with van der Waals surface area (Å²) in [6, 6.07) is 5.36. The normalized spacial score (nSPS) is 11.2. The van der Waals surface area contributed by atoms with Crippen LogP contribution < -0.4 is 10.6 Å². The second-order valence-electron chi connectivity index (χ2n) is 5.76. The van der Waals surface area contributed by atoms with Gasteiger partial charge in [-0.3, -0.25) is 10.1 Å². The Morgan fingerprint density at radius 3 is 2.30 bits per heavy atom. The van der Waals surface area contributed by atoms with E-state index in [0.717, 1.165) is 19.4 Å². The summed E-state index contributed by atoms with van der Waals surface area (Å²) in [6.45, 7) is 9.88. The van der Waals surface area contributed by atoms with E-state index in [4.69, 9.17) is 0 Å². The minimum atomic E-state index is -0.320. The van der Waals surface area contributed by atoms with Gasteiger partial charge in [-0.2, -0.15) is 0 Å². The quantitative estimate of drug-likeness (QED) is 0.551. The molecule has 0 spiro atoms. The molecule has 5 nitrogen and oxygen atoms in total. The molecule has 0 aliphatic carbocycles. The molecule has 0 saturated carbocycles. The molecule has 0 bridgehead atoms. The summed E-state index contributed by atoms with van der Waals surface area (Å²) < 4.78 is 0. The lowest BCUT2D eigenvalue weighted by atomic mass is 9.90. The molecule has 0 radical (unpaired) electrons. The van der Waals surface area contributed by atoms with Gasteiger partial charge in [0.2, 0.25) is 0 Å². The molecular formula is C15H25N3O2. The number of nitrogens with one attached hydrogen (secondary N) is 2. The molecule has 112 valence electrons. The predicted molar refractivity (Wildman–Crippen MR) is 84.4 cm³/mol. The first-order valence-electron chi connectivity index (χ1n) is 7.16. The van der Waals surface area contributed by atoms with Gasteiger partial charge in [-0.25, -0.2) is 0 Å². The van der Waals surface area contributed by atoms with E-state index in [-0.39, 0.29) is 16.0 Å². The van der Waals surface area contributed by atoms with E-state index >= 15 is 0 Å². The Kier molecular flexibility index (Phi) is 5.80. The van der Waals surface area contributed by atoms with Crippen molar-refractivity contribution >= 4 is 17.1 Å². The Hall–Kier alpha value is -1.78. The fraction of sp³-hybridized carbons (Fsp3) is 0.600. The molecule has 0 aromatic heterocycles. The average molecular weight is 279 g/mol. The zero-order valence-electron chi connectivity index (χ0n) is 12.8. The Bertz CT molecular complexity index is 458. The maximum Gasteiger partial charge on any atom is 0.315 e. The number of nitrogens with zero attached hydrogens (tertiary/aromatic N) is 1. The van der Waals surface area contributed by atoms with Crippen LogP contribution in [0.15, 0.2) is 18.2 Å². The maximum atomic E-state index is 11.3. The van der Waals surface area contributed by atoms with E-state index in [2.05, 4.69) is 31.4 Å². The molecule has 0 unspecified atom stereocenters. The number of rotatable bonds is 8. The molecule has 20 heavy (non-hydrogen) atoms. The number of hydrogen-bond donors (Lipinski definition) is 2. The van der Waals surface area contributed by atoms with E-state index in [1.165, 1.54) is 0 Å². The molecule has 0 saturated heterocycles. The van der Waals surface area contributed by atoms with Crippen LogP contribution in [0.1, 0.15) is 40.5 Å². The van der Waals surface area contributed by atoms with Crippen LogP contribution in [0.4, 0.5) is 17.1 Å². The highest BCUT2D eigenvalue weighted by Gasteiger charge is 2.21. The lowest BCUT2D eigenvalue weighted by molar-refractivity contribution is -0.383. The Morgan fingerprint density at radius 2 is 1.80 bits per heavy atom. The van der Waals surface area contributed by atoms with Crippen LogP contribution in [0.25, 0.3) is 0 Å². The summed E-state index contributed by atoms with van der Waals surface area (Å²) >= 11 is 0. The van der Waals surface area contributed by atoms with Crippen molar-refractivity contribution in [2.75, 3.05) is 23.7 Å². The van der Waals surface area contributed by atoms with Crippen molar-refractivity contribution in [2.24, 2.45) is 5.41 Å². The summed E-state index contributed by atoms with van der Waals surface area (Å²) in [5, 5.41) is 17.7. The summed E-state index contributed by atoms with van der Waals surface area (Å²) in [4.78, 5) is 11.0. The number of para-hydroxylation sites is 1. The number of nitro groups is 1. The van der Waals surface area contributed by atoms with Crippen molar-refractivity contribution in [3.05, 3.63) is 28.3 Å². The number of nitro benzene ring substituents is 1. The van der Waals surface area contributed by atoms with Crippen molar-refractivity contribution in [1.82, 2.24) is 0 Å². The van der Waals surface area contributed by atoms with Crippen molar-refractivity contribution < 1.29 is 4.92 Å². The van der Waals surface area contributed by atoms with Crippen LogP contribution in [0, 0.1) is 15.5 Å². The monoisotopic (exact) mass is 279 g/mol. The van der Waals surface area contributed by atoms with Gasteiger partial charge in [0.1, 0.15) is 11.4 Å². The molecule has 0 fully saturated rings. The zero-order valence-corrected chi connectivity index (χ0v) is 12.8. The molecule has 2 N–H and O–H groups in total. The van der Waals surface area contributed by atoms with E-state index < -0.39 is 0 Å². The van der Waals surface area contributed by atoms with Gasteiger partial charge in [-0.1, -0.05) is 33.8 Å². The van der Waals surface area contributed by atoms with E-state index in [9.17, 15) is 10.1 Å². The van der Waals surface area contributed by atoms with Gasteiger partial charge < -0.3 is 10.6 Å². The second-order valence-corrected chi connectivity index (χ2v) is 5.76. The zero-order chi connectivity index (χ0) is 15.2. The Balaban J connectivity index is 2.97. The fourth-order valence-corrected chi connectivity index (χ4v) is 1.74. The largest absolute Gasteiger partial charge is 0.379 e. The topological polar surface area (TPSA) is 67.2 Å². The van der Waals surface area contributed by atoms with Gasteiger partial charge in [0.05, 0.1) is 4.92 Å². The first-order chi connectivity index (χ1) is 9.41. The first-order valence-corrected chi connectivity index (χ1v) is 7.16. The van der Waals surface area contributed by atoms with Gasteiger partial charge in [0.25, 0.3) is 0 Å². The first kappa shape index (κ1) is 16.3. The van der Waals surface area contributed by atoms with Crippen molar-refractivity contribution in [3.8, 4) is 0 Å². The van der Waals surface area contributed by atoms with Gasteiger partial charge in [0.15, 0.2) is 0 Å². The third-order valence-corrected chi connectivity index (χ3v) is 3.50. The van der Waals surface area contributed by atoms with E-state index in [0.29, 0.717) is 17.9 Å². The second kappa shape index (κ2) is 7.12. The molecule has 0 atom stereocenters. The van der Waals surface area contributed by atoms with E-state index in [1.54, 1.807) is 12.1 Å². The predicted octanol–water partition coefficient (Wildman–Crippen LogP) is 4.26. The highest BCUT2D eigenvalue weighted by atomic mass is 16.6. The molecule has 1 aromatic carbocycles. The minimum absolute atomic E-state index is 0.112. The molecule has 1 aromatic rings. The smallest absolute Gasteiger partial charge is 0.315 e. The minimum Gasteiger partial charge on any atom is -0.379 e. The fourth-order valence-electron chi connectivity index (χ4n) is 1.74. The van der Waals surface area contributed by atoms with Crippen molar-refractivity contribution in [3.63, 3.8) is 0 Å². The van der Waals surface area contributed by atoms with Gasteiger partial charge >= 0.3 is 5.69 Å². The standard InChI is InChI=1S/C15H25N3O2/c1-5-10-16-12-8-7-9-13(14(12)18(19)20)17-11-15(3,4)6-2/h7-9,16-17H,5-6,10-11H2,1-4H3. The summed E-state index contributed by atoms with van der Waals surface area (Å²) in [7, 11) is 0.